The van der Waals surface area contributed by atoms with E-state index >= 15 is 0 Å². The van der Waals surface area contributed by atoms with E-state index in [1.807, 2.05) is 31.6 Å². The van der Waals surface area contributed by atoms with E-state index in [2.05, 4.69) is 30.4 Å². The molecule has 0 aliphatic carbocycles. The number of hydrogen-bond donors (Lipinski definition) is 3. The van der Waals surface area contributed by atoms with E-state index in [-0.39, 0.29) is 16.9 Å². The molecule has 9 nitrogen and oxygen atoms in total. The van der Waals surface area contributed by atoms with Crippen molar-refractivity contribution in [1.82, 2.24) is 25.1 Å². The van der Waals surface area contributed by atoms with Crippen molar-refractivity contribution in [2.24, 2.45) is 0 Å². The highest BCUT2D eigenvalue weighted by atomic mass is 32.2. The Labute approximate surface area is 181 Å². The van der Waals surface area contributed by atoms with Gasteiger partial charge in [-0.2, -0.15) is 5.10 Å². The average Bonchev–Trinajstić information content (AvgIpc) is 3.10. The lowest BCUT2D eigenvalue weighted by atomic mass is 10.1. The van der Waals surface area contributed by atoms with Crippen LogP contribution in [0.15, 0.2) is 53.8 Å². The van der Waals surface area contributed by atoms with Crippen LogP contribution >= 0.6 is 12.2 Å². The predicted octanol–water partition coefficient (Wildman–Crippen LogP) is 2.85. The average molecular weight is 446 g/mol. The number of aryl methyl sites for hydroxylation is 2. The zero-order valence-corrected chi connectivity index (χ0v) is 18.5. The van der Waals surface area contributed by atoms with E-state index in [9.17, 15) is 8.42 Å². The molecule has 3 rings (SSSR count). The molecule has 0 saturated carbocycles. The lowest BCUT2D eigenvalue weighted by Gasteiger charge is -2.17. The van der Waals surface area contributed by atoms with Crippen molar-refractivity contribution in [3.8, 4) is 0 Å². The van der Waals surface area contributed by atoms with Crippen molar-refractivity contribution in [2.75, 3.05) is 10.0 Å². The fourth-order valence-corrected chi connectivity index (χ4v) is 4.06. The maximum Gasteiger partial charge on any atom is 0.264 e. The van der Waals surface area contributed by atoms with Gasteiger partial charge in [0.1, 0.15) is 0 Å². The van der Waals surface area contributed by atoms with Crippen LogP contribution in [0, 0.1) is 6.92 Å². The quantitative estimate of drug-likeness (QED) is 0.476. The minimum Gasteiger partial charge on any atom is -0.356 e. The zero-order valence-electron chi connectivity index (χ0n) is 16.8. The van der Waals surface area contributed by atoms with Gasteiger partial charge in [-0.3, -0.25) is 4.68 Å². The van der Waals surface area contributed by atoms with Gasteiger partial charge in [-0.05, 0) is 63.3 Å². The smallest absolute Gasteiger partial charge is 0.264 e. The Balaban J connectivity index is 1.62. The molecule has 2 heterocycles. The van der Waals surface area contributed by atoms with Crippen LogP contribution in [0.25, 0.3) is 0 Å². The zero-order chi connectivity index (χ0) is 21.7. The van der Waals surface area contributed by atoms with E-state index in [0.29, 0.717) is 10.8 Å². The fourth-order valence-electron chi connectivity index (χ4n) is 2.81. The van der Waals surface area contributed by atoms with Crippen LogP contribution in [0.5, 0.6) is 0 Å². The molecule has 1 atom stereocenters. The summed E-state index contributed by atoms with van der Waals surface area (Å²) in [4.78, 5) is 7.83. The molecule has 2 aromatic heterocycles. The Morgan fingerprint density at radius 2 is 1.87 bits per heavy atom. The third kappa shape index (κ3) is 5.30. The number of anilines is 2. The van der Waals surface area contributed by atoms with Gasteiger partial charge in [-0.15, -0.1) is 0 Å². The Morgan fingerprint density at radius 3 is 2.47 bits per heavy atom. The minimum atomic E-state index is -3.78. The van der Waals surface area contributed by atoms with E-state index in [1.165, 1.54) is 24.5 Å². The maximum atomic E-state index is 12.4. The lowest BCUT2D eigenvalue weighted by Crippen LogP contribution is -2.31. The second kappa shape index (κ2) is 9.18. The molecule has 3 N–H and O–H groups in total. The van der Waals surface area contributed by atoms with E-state index < -0.39 is 10.0 Å². The highest BCUT2D eigenvalue weighted by Gasteiger charge is 2.16. The van der Waals surface area contributed by atoms with Crippen molar-refractivity contribution in [3.63, 3.8) is 0 Å². The molecule has 11 heteroatoms. The van der Waals surface area contributed by atoms with Gasteiger partial charge < -0.3 is 10.6 Å². The van der Waals surface area contributed by atoms with E-state index in [0.717, 1.165) is 17.8 Å². The summed E-state index contributed by atoms with van der Waals surface area (Å²) in [5.41, 5.74) is 2.68. The minimum absolute atomic E-state index is 0.0146. The number of benzene rings is 1. The number of hydrogen-bond acceptors (Lipinski definition) is 6. The summed E-state index contributed by atoms with van der Waals surface area (Å²) < 4.78 is 29.1. The van der Waals surface area contributed by atoms with Gasteiger partial charge in [0.25, 0.3) is 10.0 Å². The molecular weight excluding hydrogens is 422 g/mol. The molecule has 0 saturated heterocycles. The molecule has 1 aromatic carbocycles. The third-order valence-electron chi connectivity index (χ3n) is 4.34. The summed E-state index contributed by atoms with van der Waals surface area (Å²) in [5, 5.41) is 11.2. The Hall–Kier alpha value is -3.05. The van der Waals surface area contributed by atoms with E-state index in [4.69, 9.17) is 12.2 Å². The van der Waals surface area contributed by atoms with Gasteiger partial charge in [0, 0.05) is 36.4 Å². The molecule has 0 aliphatic rings. The summed E-state index contributed by atoms with van der Waals surface area (Å²) >= 11 is 5.39. The molecular formula is C19H23N7O2S2. The van der Waals surface area contributed by atoms with Crippen molar-refractivity contribution < 1.29 is 8.42 Å². The summed E-state index contributed by atoms with van der Waals surface area (Å²) in [6.07, 6.45) is 4.92. The molecule has 158 valence electrons. The summed E-state index contributed by atoms with van der Waals surface area (Å²) in [5.74, 6) is 0.0146. The van der Waals surface area contributed by atoms with Gasteiger partial charge in [-0.1, -0.05) is 0 Å². The summed E-state index contributed by atoms with van der Waals surface area (Å²) in [6.45, 7) is 6.80. The highest BCUT2D eigenvalue weighted by Crippen LogP contribution is 2.18. The van der Waals surface area contributed by atoms with Gasteiger partial charge in [0.05, 0.1) is 16.6 Å². The Morgan fingerprint density at radius 1 is 1.20 bits per heavy atom. The maximum absolute atomic E-state index is 12.4. The van der Waals surface area contributed by atoms with Crippen molar-refractivity contribution in [1.29, 1.82) is 0 Å². The van der Waals surface area contributed by atoms with Crippen LogP contribution in [0.3, 0.4) is 0 Å². The topological polar surface area (TPSA) is 114 Å². The SMILES string of the molecule is CCn1cc(C(C)NC(=S)Nc2ccc(S(=O)(=O)Nc3ncccn3)cc2)c(C)n1. The molecule has 0 spiro atoms. The van der Waals surface area contributed by atoms with Gasteiger partial charge in [0.2, 0.25) is 5.95 Å². The predicted molar refractivity (Wildman–Crippen MR) is 120 cm³/mol. The molecule has 3 aromatic rings. The fraction of sp³-hybridized carbons (Fsp3) is 0.263. The van der Waals surface area contributed by atoms with Crippen LogP contribution in [0.2, 0.25) is 0 Å². The Kier molecular flexibility index (Phi) is 6.63. The first-order valence-electron chi connectivity index (χ1n) is 9.30. The first-order valence-corrected chi connectivity index (χ1v) is 11.2. The molecule has 0 aliphatic heterocycles. The van der Waals surface area contributed by atoms with Crippen LogP contribution in [-0.2, 0) is 16.6 Å². The monoisotopic (exact) mass is 445 g/mol. The largest absolute Gasteiger partial charge is 0.356 e. The second-order valence-electron chi connectivity index (χ2n) is 6.55. The normalized spacial score (nSPS) is 12.2. The van der Waals surface area contributed by atoms with E-state index in [1.54, 1.807) is 18.2 Å². The van der Waals surface area contributed by atoms with Crippen molar-refractivity contribution in [2.45, 2.75) is 38.3 Å². The second-order valence-corrected chi connectivity index (χ2v) is 8.64. The standard InChI is InChI=1S/C19H23N7O2S2/c1-4-26-12-17(14(3)24-26)13(2)22-19(29)23-15-6-8-16(9-7-15)30(27,28)25-18-20-10-5-11-21-18/h5-13H,4H2,1-3H3,(H,20,21,25)(H2,22,23,29). The van der Waals surface area contributed by atoms with Gasteiger partial charge in [0.15, 0.2) is 5.11 Å². The first-order chi connectivity index (χ1) is 14.3. The number of aromatic nitrogens is 4. The molecule has 0 amide bonds. The molecule has 1 unspecified atom stereocenters. The first kappa shape index (κ1) is 21.7. The van der Waals surface area contributed by atoms with Crippen molar-refractivity contribution in [3.05, 3.63) is 60.2 Å². The molecule has 0 bridgehead atoms. The Bertz CT molecular complexity index is 1110. The summed E-state index contributed by atoms with van der Waals surface area (Å²) in [7, 11) is -3.78. The van der Waals surface area contributed by atoms with Crippen LogP contribution in [-0.4, -0.2) is 33.3 Å². The van der Waals surface area contributed by atoms with Gasteiger partial charge in [-0.25, -0.2) is 23.1 Å². The van der Waals surface area contributed by atoms with Crippen LogP contribution in [0.4, 0.5) is 11.6 Å². The van der Waals surface area contributed by atoms with Crippen LogP contribution in [0.1, 0.15) is 31.1 Å². The van der Waals surface area contributed by atoms with Crippen molar-refractivity contribution >= 4 is 39.0 Å². The number of nitrogens with zero attached hydrogens (tertiary/aromatic N) is 4. The lowest BCUT2D eigenvalue weighted by molar-refractivity contribution is 0.601. The molecule has 30 heavy (non-hydrogen) atoms. The number of sulfonamides is 1. The number of nitrogens with one attached hydrogen (secondary N) is 3. The summed E-state index contributed by atoms with van der Waals surface area (Å²) in [6, 6.07) is 7.82. The highest BCUT2D eigenvalue weighted by molar-refractivity contribution is 7.92. The molecule has 0 fully saturated rings. The third-order valence-corrected chi connectivity index (χ3v) is 5.90. The van der Waals surface area contributed by atoms with Gasteiger partial charge >= 0.3 is 0 Å². The number of thiocarbonyl (C=S) groups is 1. The van der Waals surface area contributed by atoms with Crippen LogP contribution < -0.4 is 15.4 Å². The number of rotatable bonds is 7. The molecule has 0 radical (unpaired) electrons.